The van der Waals surface area contributed by atoms with Crippen molar-refractivity contribution in [3.05, 3.63) is 41.7 Å². The minimum Gasteiger partial charge on any atom is -0.494 e. The molecule has 1 aromatic heterocycles. The molecule has 1 unspecified atom stereocenters. The number of guanidine groups is 1. The summed E-state index contributed by atoms with van der Waals surface area (Å²) in [6.45, 7) is 6.20. The van der Waals surface area contributed by atoms with Gasteiger partial charge in [0, 0.05) is 26.1 Å². The number of benzene rings is 1. The number of nitrogens with zero attached hydrogens (tertiary/aromatic N) is 4. The third kappa shape index (κ3) is 7.23. The zero-order chi connectivity index (χ0) is 21.1. The van der Waals surface area contributed by atoms with E-state index in [4.69, 9.17) is 4.74 Å². The van der Waals surface area contributed by atoms with Crippen LogP contribution in [-0.2, 0) is 13.0 Å². The van der Waals surface area contributed by atoms with E-state index in [0.717, 1.165) is 43.1 Å². The number of thioether (sulfide) groups is 1. The second-order valence-corrected chi connectivity index (χ2v) is 7.54. The van der Waals surface area contributed by atoms with Gasteiger partial charge in [-0.2, -0.15) is 11.8 Å². The molecule has 1 heterocycles. The van der Waals surface area contributed by atoms with E-state index in [-0.39, 0.29) is 17.6 Å². The highest BCUT2D eigenvalue weighted by Gasteiger charge is 2.12. The normalized spacial score (nSPS) is 12.7. The smallest absolute Gasteiger partial charge is 0.191 e. The van der Waals surface area contributed by atoms with Crippen LogP contribution < -0.4 is 15.4 Å². The van der Waals surface area contributed by atoms with Crippen molar-refractivity contribution >= 4 is 17.7 Å². The first-order chi connectivity index (χ1) is 14.1. The predicted molar refractivity (Wildman–Crippen MR) is 117 cm³/mol. The number of aromatic nitrogens is 3. The van der Waals surface area contributed by atoms with E-state index < -0.39 is 0 Å². The second kappa shape index (κ2) is 12.3. The highest BCUT2D eigenvalue weighted by atomic mass is 32.2. The maximum Gasteiger partial charge on any atom is 0.191 e. The molecule has 0 saturated heterocycles. The number of rotatable bonds is 11. The Labute approximate surface area is 176 Å². The van der Waals surface area contributed by atoms with Crippen molar-refractivity contribution in [3.63, 3.8) is 0 Å². The molecule has 9 heteroatoms. The van der Waals surface area contributed by atoms with E-state index in [0.29, 0.717) is 12.5 Å². The summed E-state index contributed by atoms with van der Waals surface area (Å²) in [4.78, 5) is 4.67. The Morgan fingerprint density at radius 3 is 2.93 bits per heavy atom. The van der Waals surface area contributed by atoms with E-state index in [9.17, 15) is 4.39 Å². The van der Waals surface area contributed by atoms with Crippen LogP contribution in [0.1, 0.15) is 37.7 Å². The fourth-order valence-electron chi connectivity index (χ4n) is 2.83. The lowest BCUT2D eigenvalue weighted by atomic mass is 10.1. The van der Waals surface area contributed by atoms with Crippen molar-refractivity contribution in [2.45, 2.75) is 39.3 Å². The van der Waals surface area contributed by atoms with E-state index in [2.05, 4.69) is 39.0 Å². The van der Waals surface area contributed by atoms with Gasteiger partial charge in [-0.3, -0.25) is 4.99 Å². The minimum atomic E-state index is -0.371. The van der Waals surface area contributed by atoms with Gasteiger partial charge in [-0.25, -0.2) is 4.39 Å². The fourth-order valence-corrected chi connectivity index (χ4v) is 3.24. The number of halogens is 1. The molecule has 0 bridgehead atoms. The molecule has 2 rings (SSSR count). The molecule has 0 aliphatic rings. The second-order valence-electron chi connectivity index (χ2n) is 6.56. The molecule has 1 atom stereocenters. The SMILES string of the molecule is CCc1nncn1CCNC(=NCCCSC)NC(C)c1ccc(OC)c(F)c1. The Morgan fingerprint density at radius 2 is 2.24 bits per heavy atom. The van der Waals surface area contributed by atoms with Gasteiger partial charge < -0.3 is 19.9 Å². The molecular weight excluding hydrogens is 391 g/mol. The average Bonchev–Trinajstić information content (AvgIpc) is 3.18. The van der Waals surface area contributed by atoms with Crippen molar-refractivity contribution < 1.29 is 9.13 Å². The van der Waals surface area contributed by atoms with Crippen molar-refractivity contribution in [3.8, 4) is 5.75 Å². The molecule has 0 saturated carbocycles. The molecule has 2 N–H and O–H groups in total. The van der Waals surface area contributed by atoms with Gasteiger partial charge in [-0.05, 0) is 43.0 Å². The highest BCUT2D eigenvalue weighted by molar-refractivity contribution is 7.98. The van der Waals surface area contributed by atoms with Gasteiger partial charge in [0.15, 0.2) is 17.5 Å². The van der Waals surface area contributed by atoms with E-state index >= 15 is 0 Å². The average molecular weight is 423 g/mol. The van der Waals surface area contributed by atoms with Crippen LogP contribution >= 0.6 is 11.8 Å². The molecule has 0 radical (unpaired) electrons. The van der Waals surface area contributed by atoms with Crippen molar-refractivity contribution in [1.82, 2.24) is 25.4 Å². The van der Waals surface area contributed by atoms with Crippen molar-refractivity contribution in [2.75, 3.05) is 32.2 Å². The number of aryl methyl sites for hydroxylation is 1. The summed E-state index contributed by atoms with van der Waals surface area (Å²) < 4.78 is 21.1. The van der Waals surface area contributed by atoms with Crippen LogP contribution in [0.4, 0.5) is 4.39 Å². The first-order valence-electron chi connectivity index (χ1n) is 9.82. The highest BCUT2D eigenvalue weighted by Crippen LogP contribution is 2.21. The first kappa shape index (κ1) is 23.0. The summed E-state index contributed by atoms with van der Waals surface area (Å²) in [5, 5.41) is 14.8. The Kier molecular flexibility index (Phi) is 9.76. The molecule has 1 aromatic carbocycles. The van der Waals surface area contributed by atoms with Crippen LogP contribution in [0, 0.1) is 5.82 Å². The molecule has 0 fully saturated rings. The Bertz CT molecular complexity index is 782. The third-order valence-electron chi connectivity index (χ3n) is 4.46. The molecule has 0 aliphatic heterocycles. The Hall–Kier alpha value is -2.29. The zero-order valence-electron chi connectivity index (χ0n) is 17.6. The molecule has 0 amide bonds. The summed E-state index contributed by atoms with van der Waals surface area (Å²) >= 11 is 1.81. The number of nitrogens with one attached hydrogen (secondary N) is 2. The largest absolute Gasteiger partial charge is 0.494 e. The predicted octanol–water partition coefficient (Wildman–Crippen LogP) is 3.04. The van der Waals surface area contributed by atoms with Gasteiger partial charge in [-0.15, -0.1) is 10.2 Å². The number of methoxy groups -OCH3 is 1. The van der Waals surface area contributed by atoms with Gasteiger partial charge in [0.2, 0.25) is 0 Å². The Morgan fingerprint density at radius 1 is 1.41 bits per heavy atom. The fraction of sp³-hybridized carbons (Fsp3) is 0.550. The standard InChI is InChI=1S/C20H31FN6OS/c1-5-19-26-24-14-27(19)11-10-23-20(22-9-6-12-29-4)25-15(2)16-7-8-18(28-3)17(21)13-16/h7-8,13-15H,5-6,9-12H2,1-4H3,(H2,22,23,25). The minimum absolute atomic E-state index is 0.108. The number of aliphatic imine (C=N–C) groups is 1. The molecule has 7 nitrogen and oxygen atoms in total. The van der Waals surface area contributed by atoms with Crippen LogP contribution in [-0.4, -0.2) is 52.9 Å². The molecule has 29 heavy (non-hydrogen) atoms. The van der Waals surface area contributed by atoms with Gasteiger partial charge >= 0.3 is 0 Å². The third-order valence-corrected chi connectivity index (χ3v) is 5.16. The maximum atomic E-state index is 14.1. The van der Waals surface area contributed by atoms with Crippen molar-refractivity contribution in [2.24, 2.45) is 4.99 Å². The van der Waals surface area contributed by atoms with Crippen LogP contribution in [0.25, 0.3) is 0 Å². The topological polar surface area (TPSA) is 76.4 Å². The summed E-state index contributed by atoms with van der Waals surface area (Å²) in [6, 6.07) is 4.88. The molecule has 2 aromatic rings. The lowest BCUT2D eigenvalue weighted by Crippen LogP contribution is -2.40. The van der Waals surface area contributed by atoms with Gasteiger partial charge in [0.05, 0.1) is 13.2 Å². The lowest BCUT2D eigenvalue weighted by Gasteiger charge is -2.19. The van der Waals surface area contributed by atoms with Crippen LogP contribution in [0.15, 0.2) is 29.5 Å². The molecular formula is C20H31FN6OS. The molecule has 0 aliphatic carbocycles. The summed E-state index contributed by atoms with van der Waals surface area (Å²) in [5.74, 6) is 2.60. The number of hydrogen-bond donors (Lipinski definition) is 2. The van der Waals surface area contributed by atoms with E-state index in [1.54, 1.807) is 12.4 Å². The monoisotopic (exact) mass is 422 g/mol. The van der Waals surface area contributed by atoms with Crippen LogP contribution in [0.5, 0.6) is 5.75 Å². The Balaban J connectivity index is 1.99. The molecule has 0 spiro atoms. The van der Waals surface area contributed by atoms with Crippen LogP contribution in [0.2, 0.25) is 0 Å². The maximum absolute atomic E-state index is 14.1. The molecule has 160 valence electrons. The first-order valence-corrected chi connectivity index (χ1v) is 11.2. The lowest BCUT2D eigenvalue weighted by molar-refractivity contribution is 0.386. The van der Waals surface area contributed by atoms with Gasteiger partial charge in [0.25, 0.3) is 0 Å². The number of hydrogen-bond acceptors (Lipinski definition) is 5. The van der Waals surface area contributed by atoms with Gasteiger partial charge in [-0.1, -0.05) is 13.0 Å². The van der Waals surface area contributed by atoms with E-state index in [1.165, 1.54) is 13.2 Å². The van der Waals surface area contributed by atoms with Crippen molar-refractivity contribution in [1.29, 1.82) is 0 Å². The van der Waals surface area contributed by atoms with Gasteiger partial charge in [0.1, 0.15) is 12.2 Å². The number of ether oxygens (including phenoxy) is 1. The van der Waals surface area contributed by atoms with E-state index in [1.807, 2.05) is 29.3 Å². The summed E-state index contributed by atoms with van der Waals surface area (Å²) in [6.07, 6.45) is 5.68. The zero-order valence-corrected chi connectivity index (χ0v) is 18.4. The quantitative estimate of drug-likeness (QED) is 0.329. The van der Waals surface area contributed by atoms with Crippen LogP contribution in [0.3, 0.4) is 0 Å². The summed E-state index contributed by atoms with van der Waals surface area (Å²) in [7, 11) is 1.46. The summed E-state index contributed by atoms with van der Waals surface area (Å²) in [5.41, 5.74) is 0.828.